The third-order valence-corrected chi connectivity index (χ3v) is 2.98. The highest BCUT2D eigenvalue weighted by atomic mass is 32.1. The molecule has 5 nitrogen and oxygen atoms in total. The summed E-state index contributed by atoms with van der Waals surface area (Å²) in [5.41, 5.74) is 1.11. The van der Waals surface area contributed by atoms with Crippen LogP contribution in [0, 0.1) is 0 Å². The summed E-state index contributed by atoms with van der Waals surface area (Å²) >= 11 is 4.27. The van der Waals surface area contributed by atoms with E-state index in [1.54, 1.807) is 4.68 Å². The van der Waals surface area contributed by atoms with Gasteiger partial charge in [-0.3, -0.25) is 0 Å². The molecule has 1 atom stereocenters. The molecule has 0 saturated heterocycles. The van der Waals surface area contributed by atoms with Crippen LogP contribution in [0.2, 0.25) is 0 Å². The predicted molar refractivity (Wildman–Crippen MR) is 63.7 cm³/mol. The van der Waals surface area contributed by atoms with Gasteiger partial charge in [-0.1, -0.05) is 13.8 Å². The van der Waals surface area contributed by atoms with Crippen LogP contribution in [0.15, 0.2) is 17.8 Å². The van der Waals surface area contributed by atoms with Crippen LogP contribution in [0.1, 0.15) is 30.8 Å². The summed E-state index contributed by atoms with van der Waals surface area (Å²) in [5.74, 6) is 0.0853. The van der Waals surface area contributed by atoms with Crippen LogP contribution in [0.5, 0.6) is 0 Å². The van der Waals surface area contributed by atoms with Gasteiger partial charge in [0, 0.05) is 12.3 Å². The number of rotatable bonds is 2. The first-order valence-electron chi connectivity index (χ1n) is 4.98. The fourth-order valence-electron chi connectivity index (χ4n) is 1.52. The van der Waals surface area contributed by atoms with E-state index in [0.717, 1.165) is 11.5 Å². The molecule has 1 aromatic rings. The van der Waals surface area contributed by atoms with Crippen molar-refractivity contribution in [1.82, 2.24) is 9.78 Å². The molecule has 1 aliphatic rings. The molecule has 0 spiro atoms. The van der Waals surface area contributed by atoms with Gasteiger partial charge in [0.2, 0.25) is 0 Å². The average Bonchev–Trinajstić information content (AvgIpc) is 2.62. The first kappa shape index (κ1) is 11.1. The van der Waals surface area contributed by atoms with Crippen molar-refractivity contribution in [3.63, 3.8) is 0 Å². The van der Waals surface area contributed by atoms with Crippen molar-refractivity contribution in [3.05, 3.63) is 23.5 Å². The van der Waals surface area contributed by atoms with Crippen LogP contribution in [0.4, 0.5) is 5.82 Å². The Morgan fingerprint density at radius 2 is 2.38 bits per heavy atom. The van der Waals surface area contributed by atoms with E-state index in [4.69, 9.17) is 5.11 Å². The molecule has 1 aromatic heterocycles. The largest absolute Gasteiger partial charge is 0.478 e. The van der Waals surface area contributed by atoms with Crippen molar-refractivity contribution >= 4 is 24.4 Å². The van der Waals surface area contributed by atoms with Crippen LogP contribution in [0.25, 0.3) is 0 Å². The Labute approximate surface area is 98.6 Å². The fourth-order valence-corrected chi connectivity index (χ4v) is 1.88. The normalized spacial score (nSPS) is 19.0. The molecule has 0 bridgehead atoms. The molecule has 86 valence electrons. The topological polar surface area (TPSA) is 67.2 Å². The summed E-state index contributed by atoms with van der Waals surface area (Å²) in [6.07, 6.45) is 1.46. The molecule has 2 rings (SSSR count). The van der Waals surface area contributed by atoms with Crippen molar-refractivity contribution < 1.29 is 9.90 Å². The van der Waals surface area contributed by atoms with Gasteiger partial charge in [0.25, 0.3) is 0 Å². The van der Waals surface area contributed by atoms with E-state index in [1.165, 1.54) is 6.20 Å². The Hall–Kier alpha value is -1.43. The van der Waals surface area contributed by atoms with Crippen molar-refractivity contribution in [2.24, 2.45) is 0 Å². The molecule has 1 aliphatic heterocycles. The highest BCUT2D eigenvalue weighted by molar-refractivity contribution is 7.80. The van der Waals surface area contributed by atoms with Crippen LogP contribution in [-0.2, 0) is 4.79 Å². The number of nitrogens with one attached hydrogen (secondary N) is 1. The fraction of sp³-hybridized carbons (Fsp3) is 0.400. The van der Waals surface area contributed by atoms with Gasteiger partial charge in [0.05, 0.1) is 11.3 Å². The molecular formula is C10H13N3O2S. The molecule has 0 amide bonds. The molecule has 0 aromatic carbocycles. The van der Waals surface area contributed by atoms with Gasteiger partial charge in [0.15, 0.2) is 0 Å². The van der Waals surface area contributed by atoms with Crippen molar-refractivity contribution in [2.75, 3.05) is 5.32 Å². The summed E-state index contributed by atoms with van der Waals surface area (Å²) in [6, 6.07) is 1.91. The maximum absolute atomic E-state index is 10.9. The number of carbonyl (C=O) groups is 1. The highest BCUT2D eigenvalue weighted by Gasteiger charge is 2.26. The van der Waals surface area contributed by atoms with Gasteiger partial charge < -0.3 is 10.4 Å². The Morgan fingerprint density at radius 3 is 2.94 bits per heavy atom. The molecule has 0 radical (unpaired) electrons. The third-order valence-electron chi connectivity index (χ3n) is 2.48. The zero-order chi connectivity index (χ0) is 11.9. The van der Waals surface area contributed by atoms with E-state index in [-0.39, 0.29) is 5.57 Å². The zero-order valence-electron chi connectivity index (χ0n) is 9.01. The summed E-state index contributed by atoms with van der Waals surface area (Å²) < 4.78 is 1.59. The van der Waals surface area contributed by atoms with Crippen molar-refractivity contribution in [3.8, 4) is 0 Å². The molecule has 2 N–H and O–H groups in total. The number of carboxylic acid groups (broad SMARTS) is 1. The van der Waals surface area contributed by atoms with E-state index >= 15 is 0 Å². The number of hydrogen-bond acceptors (Lipinski definition) is 4. The number of thiol groups is 1. The van der Waals surface area contributed by atoms with E-state index in [9.17, 15) is 4.79 Å². The van der Waals surface area contributed by atoms with Gasteiger partial charge in [-0.15, -0.1) is 12.6 Å². The van der Waals surface area contributed by atoms with Crippen LogP contribution >= 0.6 is 12.6 Å². The number of hydrogen-bond donors (Lipinski definition) is 3. The van der Waals surface area contributed by atoms with Crippen LogP contribution in [-0.4, -0.2) is 20.9 Å². The molecule has 0 fully saturated rings. The van der Waals surface area contributed by atoms with Crippen molar-refractivity contribution in [1.29, 1.82) is 0 Å². The van der Waals surface area contributed by atoms with Gasteiger partial charge >= 0.3 is 5.97 Å². The summed E-state index contributed by atoms with van der Waals surface area (Å²) in [5, 5.41) is 15.7. The quantitative estimate of drug-likeness (QED) is 0.689. The summed E-state index contributed by atoms with van der Waals surface area (Å²) in [4.78, 5) is 10.9. The molecule has 2 heterocycles. The lowest BCUT2D eigenvalue weighted by molar-refractivity contribution is -0.132. The summed E-state index contributed by atoms with van der Waals surface area (Å²) in [6.45, 7) is 4.07. The molecule has 0 aliphatic carbocycles. The Bertz CT molecular complexity index is 465. The second-order valence-corrected chi connectivity index (χ2v) is 4.47. The first-order valence-corrected chi connectivity index (χ1v) is 5.49. The predicted octanol–water partition coefficient (Wildman–Crippen LogP) is 1.83. The van der Waals surface area contributed by atoms with Gasteiger partial charge in [0.1, 0.15) is 11.2 Å². The second-order valence-electron chi connectivity index (χ2n) is 3.98. The number of carboxylic acids is 1. The van der Waals surface area contributed by atoms with Gasteiger partial charge in [-0.25, -0.2) is 9.48 Å². The zero-order valence-corrected chi connectivity index (χ0v) is 9.90. The van der Waals surface area contributed by atoms with E-state index in [0.29, 0.717) is 5.92 Å². The third kappa shape index (κ3) is 1.69. The molecular weight excluding hydrogens is 226 g/mol. The smallest absolute Gasteiger partial charge is 0.336 e. The lowest BCUT2D eigenvalue weighted by Gasteiger charge is -2.20. The maximum Gasteiger partial charge on any atom is 0.336 e. The lowest BCUT2D eigenvalue weighted by atomic mass is 10.1. The molecule has 0 saturated carbocycles. The van der Waals surface area contributed by atoms with Crippen LogP contribution in [0.3, 0.4) is 0 Å². The average molecular weight is 239 g/mol. The highest BCUT2D eigenvalue weighted by Crippen LogP contribution is 2.31. The lowest BCUT2D eigenvalue weighted by Crippen LogP contribution is -2.21. The monoisotopic (exact) mass is 239 g/mol. The van der Waals surface area contributed by atoms with Crippen LogP contribution < -0.4 is 5.32 Å². The van der Waals surface area contributed by atoms with Crippen molar-refractivity contribution in [2.45, 2.75) is 25.1 Å². The van der Waals surface area contributed by atoms with E-state index in [1.807, 2.05) is 19.9 Å². The SMILES string of the molecule is CC(C)c1cc2n(n1)C(S)C(C(=O)O)=CN2. The minimum atomic E-state index is -0.986. The summed E-state index contributed by atoms with van der Waals surface area (Å²) in [7, 11) is 0. The van der Waals surface area contributed by atoms with E-state index in [2.05, 4.69) is 23.0 Å². The van der Waals surface area contributed by atoms with E-state index < -0.39 is 11.3 Å². The Morgan fingerprint density at radius 1 is 1.69 bits per heavy atom. The van der Waals surface area contributed by atoms with Gasteiger partial charge in [-0.05, 0) is 5.92 Å². The molecule has 1 unspecified atom stereocenters. The number of anilines is 1. The minimum absolute atomic E-state index is 0.189. The first-order chi connectivity index (χ1) is 7.50. The minimum Gasteiger partial charge on any atom is -0.478 e. The second kappa shape index (κ2) is 3.86. The van der Waals surface area contributed by atoms with Gasteiger partial charge in [-0.2, -0.15) is 5.10 Å². The maximum atomic E-state index is 10.9. The standard InChI is InChI=1S/C10H13N3O2S/c1-5(2)7-3-8-11-4-6(10(14)15)9(16)13(8)12-7/h3-5,9,11,16H,1-2H3,(H,14,15). The number of aromatic nitrogens is 2. The number of fused-ring (bicyclic) bond motifs is 1. The molecule has 6 heteroatoms. The Kier molecular flexibility index (Phi) is 2.67. The number of aliphatic carboxylic acids is 1. The number of nitrogens with zero attached hydrogens (tertiary/aromatic N) is 2. The molecule has 16 heavy (non-hydrogen) atoms. The Balaban J connectivity index is 2.38.